The summed E-state index contributed by atoms with van der Waals surface area (Å²) < 4.78 is 10.6. The van der Waals surface area contributed by atoms with Gasteiger partial charge < -0.3 is 9.47 Å². The summed E-state index contributed by atoms with van der Waals surface area (Å²) >= 11 is 1.40. The number of thiazole rings is 1. The Hall–Kier alpha value is -3.12. The lowest BCUT2D eigenvalue weighted by Gasteiger charge is -1.99. The van der Waals surface area contributed by atoms with Crippen LogP contribution < -0.4 is 14.8 Å². The van der Waals surface area contributed by atoms with E-state index in [1.54, 1.807) is 6.08 Å². The van der Waals surface area contributed by atoms with Gasteiger partial charge in [-0.15, -0.1) is 11.3 Å². The number of nitrogens with one attached hydrogen (secondary N) is 1. The number of benzene rings is 2. The Morgan fingerprint density at radius 3 is 2.84 bits per heavy atom. The molecule has 5 nitrogen and oxygen atoms in total. The molecule has 0 saturated carbocycles. The van der Waals surface area contributed by atoms with Gasteiger partial charge in [0.2, 0.25) is 12.7 Å². The fourth-order valence-electron chi connectivity index (χ4n) is 2.41. The third kappa shape index (κ3) is 3.54. The molecule has 124 valence electrons. The Labute approximate surface area is 148 Å². The minimum absolute atomic E-state index is 0.230. The molecule has 0 saturated heterocycles. The van der Waals surface area contributed by atoms with Crippen LogP contribution in [0.15, 0.2) is 60.0 Å². The molecule has 1 N–H and O–H groups in total. The standard InChI is InChI=1S/C19H14N2O3S/c22-18(9-7-13-6-8-16-17(10-13)24-12-23-16)21-19-20-15(11-25-19)14-4-2-1-3-5-14/h1-11H,12H2,(H,20,21,22). The molecule has 0 aliphatic carbocycles. The number of fused-ring (bicyclic) bond motifs is 1. The molecule has 0 radical (unpaired) electrons. The zero-order valence-electron chi connectivity index (χ0n) is 13.1. The monoisotopic (exact) mass is 350 g/mol. The molecule has 6 heteroatoms. The van der Waals surface area contributed by atoms with Crippen molar-refractivity contribution in [2.45, 2.75) is 0 Å². The molecular weight excluding hydrogens is 336 g/mol. The van der Waals surface area contributed by atoms with E-state index in [1.807, 2.05) is 53.9 Å². The number of carbonyl (C=O) groups excluding carboxylic acids is 1. The molecule has 1 aliphatic heterocycles. The number of ether oxygens (including phenoxy) is 2. The van der Waals surface area contributed by atoms with Crippen LogP contribution in [0.4, 0.5) is 5.13 Å². The highest BCUT2D eigenvalue weighted by Gasteiger charge is 2.12. The lowest BCUT2D eigenvalue weighted by atomic mass is 10.2. The first-order valence-corrected chi connectivity index (χ1v) is 8.55. The van der Waals surface area contributed by atoms with Crippen LogP contribution in [-0.4, -0.2) is 17.7 Å². The topological polar surface area (TPSA) is 60.5 Å². The molecule has 0 fully saturated rings. The molecule has 0 unspecified atom stereocenters. The highest BCUT2D eigenvalue weighted by Crippen LogP contribution is 2.32. The first-order valence-electron chi connectivity index (χ1n) is 7.67. The fourth-order valence-corrected chi connectivity index (χ4v) is 3.13. The van der Waals surface area contributed by atoms with E-state index >= 15 is 0 Å². The minimum atomic E-state index is -0.230. The molecule has 1 amide bonds. The normalized spacial score (nSPS) is 12.5. The maximum absolute atomic E-state index is 12.1. The lowest BCUT2D eigenvalue weighted by Crippen LogP contribution is -2.07. The van der Waals surface area contributed by atoms with Crippen molar-refractivity contribution in [1.29, 1.82) is 0 Å². The van der Waals surface area contributed by atoms with Crippen LogP contribution in [0, 0.1) is 0 Å². The van der Waals surface area contributed by atoms with Crippen molar-refractivity contribution in [1.82, 2.24) is 4.98 Å². The van der Waals surface area contributed by atoms with Crippen LogP contribution in [0.1, 0.15) is 5.56 Å². The van der Waals surface area contributed by atoms with Crippen molar-refractivity contribution in [2.24, 2.45) is 0 Å². The molecule has 0 atom stereocenters. The third-order valence-electron chi connectivity index (χ3n) is 3.63. The zero-order chi connectivity index (χ0) is 17.1. The molecule has 2 heterocycles. The summed E-state index contributed by atoms with van der Waals surface area (Å²) in [7, 11) is 0. The van der Waals surface area contributed by atoms with E-state index in [4.69, 9.17) is 9.47 Å². The SMILES string of the molecule is O=C(C=Cc1ccc2c(c1)OCO2)Nc1nc(-c2ccccc2)cs1. The predicted octanol–water partition coefficient (Wildman–Crippen LogP) is 4.19. The van der Waals surface area contributed by atoms with Gasteiger partial charge in [0.05, 0.1) is 5.69 Å². The smallest absolute Gasteiger partial charge is 0.250 e. The van der Waals surface area contributed by atoms with Crippen molar-refractivity contribution in [2.75, 3.05) is 12.1 Å². The zero-order valence-corrected chi connectivity index (χ0v) is 14.0. The first-order chi connectivity index (χ1) is 12.3. The number of amides is 1. The van der Waals surface area contributed by atoms with Gasteiger partial charge in [0, 0.05) is 17.0 Å². The van der Waals surface area contributed by atoms with Crippen LogP contribution in [0.5, 0.6) is 11.5 Å². The largest absolute Gasteiger partial charge is 0.454 e. The van der Waals surface area contributed by atoms with E-state index in [0.717, 1.165) is 22.6 Å². The van der Waals surface area contributed by atoms with Gasteiger partial charge >= 0.3 is 0 Å². The number of nitrogens with zero attached hydrogens (tertiary/aromatic N) is 1. The van der Waals surface area contributed by atoms with Gasteiger partial charge in [-0.05, 0) is 23.8 Å². The van der Waals surface area contributed by atoms with Gasteiger partial charge in [0.1, 0.15) is 0 Å². The lowest BCUT2D eigenvalue weighted by molar-refractivity contribution is -0.111. The molecule has 1 aliphatic rings. The summed E-state index contributed by atoms with van der Waals surface area (Å²) in [5.74, 6) is 1.18. The molecule has 25 heavy (non-hydrogen) atoms. The van der Waals surface area contributed by atoms with Crippen LogP contribution >= 0.6 is 11.3 Å². The Morgan fingerprint density at radius 2 is 1.96 bits per heavy atom. The molecule has 1 aromatic heterocycles. The van der Waals surface area contributed by atoms with Crippen LogP contribution in [0.25, 0.3) is 17.3 Å². The van der Waals surface area contributed by atoms with Crippen LogP contribution in [0.2, 0.25) is 0 Å². The second-order valence-electron chi connectivity index (χ2n) is 5.34. The van der Waals surface area contributed by atoms with Crippen LogP contribution in [0.3, 0.4) is 0 Å². The number of anilines is 1. The summed E-state index contributed by atoms with van der Waals surface area (Å²) in [6.07, 6.45) is 3.20. The Kier molecular flexibility index (Phi) is 4.18. The van der Waals surface area contributed by atoms with Gasteiger partial charge in [-0.1, -0.05) is 36.4 Å². The summed E-state index contributed by atoms with van der Waals surface area (Å²) in [6.45, 7) is 0.233. The van der Waals surface area contributed by atoms with Gasteiger partial charge in [0.15, 0.2) is 16.6 Å². The maximum atomic E-state index is 12.1. The molecule has 4 rings (SSSR count). The summed E-state index contributed by atoms with van der Waals surface area (Å²) in [5, 5.41) is 5.27. The first kappa shape index (κ1) is 15.4. The summed E-state index contributed by atoms with van der Waals surface area (Å²) in [4.78, 5) is 16.5. The highest BCUT2D eigenvalue weighted by molar-refractivity contribution is 7.14. The third-order valence-corrected chi connectivity index (χ3v) is 4.39. The number of aromatic nitrogens is 1. The maximum Gasteiger partial charge on any atom is 0.250 e. The van der Waals surface area contributed by atoms with E-state index in [9.17, 15) is 4.79 Å². The van der Waals surface area contributed by atoms with Crippen LogP contribution in [-0.2, 0) is 4.79 Å². The van der Waals surface area contributed by atoms with E-state index in [0.29, 0.717) is 10.9 Å². The Morgan fingerprint density at radius 1 is 1.12 bits per heavy atom. The number of hydrogen-bond acceptors (Lipinski definition) is 5. The van der Waals surface area contributed by atoms with Gasteiger partial charge in [0.25, 0.3) is 0 Å². The second kappa shape index (κ2) is 6.78. The summed E-state index contributed by atoms with van der Waals surface area (Å²) in [5.41, 5.74) is 2.74. The number of hydrogen-bond donors (Lipinski definition) is 1. The van der Waals surface area contributed by atoms with Gasteiger partial charge in [-0.25, -0.2) is 4.98 Å². The number of carbonyl (C=O) groups is 1. The molecular formula is C19H14N2O3S. The highest BCUT2D eigenvalue weighted by atomic mass is 32.1. The Balaban J connectivity index is 1.41. The van der Waals surface area contributed by atoms with Gasteiger partial charge in [-0.2, -0.15) is 0 Å². The predicted molar refractivity (Wildman–Crippen MR) is 97.8 cm³/mol. The molecule has 3 aromatic rings. The summed E-state index contributed by atoms with van der Waals surface area (Å²) in [6, 6.07) is 15.4. The van der Waals surface area contributed by atoms with E-state index in [-0.39, 0.29) is 12.7 Å². The van der Waals surface area contributed by atoms with E-state index in [1.165, 1.54) is 17.4 Å². The quantitative estimate of drug-likeness (QED) is 0.717. The second-order valence-corrected chi connectivity index (χ2v) is 6.20. The van der Waals surface area contributed by atoms with Gasteiger partial charge in [-0.3, -0.25) is 10.1 Å². The fraction of sp³-hybridized carbons (Fsp3) is 0.0526. The van der Waals surface area contributed by atoms with Crippen molar-refractivity contribution < 1.29 is 14.3 Å². The van der Waals surface area contributed by atoms with Crippen molar-refractivity contribution in [3.63, 3.8) is 0 Å². The molecule has 0 bridgehead atoms. The Bertz CT molecular complexity index is 935. The van der Waals surface area contributed by atoms with E-state index in [2.05, 4.69) is 10.3 Å². The molecule has 0 spiro atoms. The average molecular weight is 350 g/mol. The van der Waals surface area contributed by atoms with Crippen molar-refractivity contribution in [3.8, 4) is 22.8 Å². The van der Waals surface area contributed by atoms with Crippen molar-refractivity contribution >= 4 is 28.5 Å². The van der Waals surface area contributed by atoms with E-state index < -0.39 is 0 Å². The molecule has 2 aromatic carbocycles. The minimum Gasteiger partial charge on any atom is -0.454 e. The van der Waals surface area contributed by atoms with Crippen molar-refractivity contribution in [3.05, 3.63) is 65.6 Å². The average Bonchev–Trinajstić information content (AvgIpc) is 3.29. The number of rotatable bonds is 4.